The highest BCUT2D eigenvalue weighted by atomic mass is 16.4. The molecule has 0 spiro atoms. The lowest BCUT2D eigenvalue weighted by Gasteiger charge is -2.19. The molecule has 0 aliphatic heterocycles. The highest BCUT2D eigenvalue weighted by Crippen LogP contribution is 2.18. The van der Waals surface area contributed by atoms with Crippen LogP contribution in [-0.4, -0.2) is 31.8 Å². The maximum Gasteiger partial charge on any atom is 0.315 e. The van der Waals surface area contributed by atoms with E-state index in [1.54, 1.807) is 12.1 Å². The molecule has 3 aromatic rings. The average molecular weight is 343 g/mol. The Morgan fingerprint density at radius 1 is 1.24 bits per heavy atom. The Kier molecular flexibility index (Phi) is 4.99. The first-order chi connectivity index (χ1) is 12.0. The average Bonchev–Trinajstić information content (AvgIpc) is 3.24. The molecule has 132 valence electrons. The van der Waals surface area contributed by atoms with Crippen LogP contribution in [0.4, 0.5) is 4.79 Å². The normalized spacial score (nSPS) is 14.8. The van der Waals surface area contributed by atoms with Gasteiger partial charge in [-0.05, 0) is 38.1 Å². The fraction of sp³-hybridized carbons (Fsp3) is 0.353. The lowest BCUT2D eigenvalue weighted by molar-refractivity contribution is 0.129. The lowest BCUT2D eigenvalue weighted by atomic mass is 10.1. The highest BCUT2D eigenvalue weighted by Gasteiger charge is 2.19. The van der Waals surface area contributed by atoms with Crippen molar-refractivity contribution in [2.75, 3.05) is 0 Å². The minimum atomic E-state index is -0.761. The Balaban J connectivity index is 1.55. The van der Waals surface area contributed by atoms with E-state index in [9.17, 15) is 9.90 Å². The first-order valence-electron chi connectivity index (χ1n) is 8.12. The van der Waals surface area contributed by atoms with Gasteiger partial charge >= 0.3 is 6.03 Å². The number of aliphatic hydroxyl groups is 1. The van der Waals surface area contributed by atoms with Crippen LogP contribution in [0.5, 0.6) is 0 Å². The number of carbonyl (C=O) groups excluding carboxylic acids is 1. The first kappa shape index (κ1) is 17.0. The molecular formula is C17H21N5O3. The van der Waals surface area contributed by atoms with Crippen molar-refractivity contribution in [2.45, 2.75) is 38.5 Å². The Hall–Kier alpha value is -2.87. The van der Waals surface area contributed by atoms with E-state index in [1.807, 2.05) is 42.6 Å². The standard InChI is InChI=1S/C17H21N5O3/c1-11(10-13(23)14-6-5-9-25-14)18-17(24)19-12(2)16-21-20-15-7-3-4-8-22(15)16/h3-9,11-13,23H,10H2,1-2H3,(H2,18,19,24)/t11-,12-,13+/m1/s1. The maximum atomic E-state index is 12.2. The largest absolute Gasteiger partial charge is 0.467 e. The minimum Gasteiger partial charge on any atom is -0.467 e. The first-order valence-corrected chi connectivity index (χ1v) is 8.12. The molecule has 2 amide bonds. The SMILES string of the molecule is C[C@H](C[C@H](O)c1ccco1)NC(=O)N[C@H](C)c1nnc2ccccn12. The highest BCUT2D eigenvalue weighted by molar-refractivity contribution is 5.74. The molecule has 8 heteroatoms. The van der Waals surface area contributed by atoms with Crippen molar-refractivity contribution in [3.63, 3.8) is 0 Å². The number of fused-ring (bicyclic) bond motifs is 1. The second-order valence-corrected chi connectivity index (χ2v) is 5.99. The number of furan rings is 1. The Morgan fingerprint density at radius 3 is 2.84 bits per heavy atom. The summed E-state index contributed by atoms with van der Waals surface area (Å²) in [7, 11) is 0. The monoisotopic (exact) mass is 343 g/mol. The van der Waals surface area contributed by atoms with Crippen LogP contribution < -0.4 is 10.6 Å². The maximum absolute atomic E-state index is 12.2. The molecule has 3 rings (SSSR count). The molecule has 0 aliphatic carbocycles. The summed E-state index contributed by atoms with van der Waals surface area (Å²) >= 11 is 0. The summed E-state index contributed by atoms with van der Waals surface area (Å²) in [5.41, 5.74) is 0.724. The van der Waals surface area contributed by atoms with Crippen LogP contribution in [0.2, 0.25) is 0 Å². The summed E-state index contributed by atoms with van der Waals surface area (Å²) in [4.78, 5) is 12.2. The fourth-order valence-corrected chi connectivity index (χ4v) is 2.67. The molecular weight excluding hydrogens is 322 g/mol. The molecule has 3 heterocycles. The Bertz CT molecular complexity index is 830. The van der Waals surface area contributed by atoms with Crippen LogP contribution in [0.3, 0.4) is 0 Å². The van der Waals surface area contributed by atoms with E-state index >= 15 is 0 Å². The minimum absolute atomic E-state index is 0.234. The zero-order valence-corrected chi connectivity index (χ0v) is 14.1. The molecule has 3 atom stereocenters. The van der Waals surface area contributed by atoms with Crippen molar-refractivity contribution in [3.05, 3.63) is 54.4 Å². The van der Waals surface area contributed by atoms with E-state index in [1.165, 1.54) is 6.26 Å². The number of hydrogen-bond donors (Lipinski definition) is 3. The van der Waals surface area contributed by atoms with Crippen LogP contribution in [0.1, 0.15) is 44.0 Å². The van der Waals surface area contributed by atoms with Crippen LogP contribution in [0, 0.1) is 0 Å². The summed E-state index contributed by atoms with van der Waals surface area (Å²) in [6.07, 6.45) is 2.95. The van der Waals surface area contributed by atoms with Gasteiger partial charge in [0.15, 0.2) is 11.5 Å². The molecule has 0 aliphatic rings. The Morgan fingerprint density at radius 2 is 2.08 bits per heavy atom. The van der Waals surface area contributed by atoms with Gasteiger partial charge < -0.3 is 20.2 Å². The molecule has 0 fully saturated rings. The van der Waals surface area contributed by atoms with Gasteiger partial charge in [0, 0.05) is 18.7 Å². The van der Waals surface area contributed by atoms with Crippen LogP contribution in [0.25, 0.3) is 5.65 Å². The van der Waals surface area contributed by atoms with Crippen molar-refractivity contribution in [1.29, 1.82) is 0 Å². The van der Waals surface area contributed by atoms with Crippen molar-refractivity contribution in [3.8, 4) is 0 Å². The van der Waals surface area contributed by atoms with Gasteiger partial charge in [-0.2, -0.15) is 0 Å². The predicted molar refractivity (Wildman–Crippen MR) is 90.8 cm³/mol. The van der Waals surface area contributed by atoms with Crippen LogP contribution in [-0.2, 0) is 0 Å². The van der Waals surface area contributed by atoms with E-state index in [0.717, 1.165) is 5.65 Å². The third kappa shape index (κ3) is 3.97. The van der Waals surface area contributed by atoms with Gasteiger partial charge in [0.2, 0.25) is 0 Å². The number of amides is 2. The third-order valence-corrected chi connectivity index (χ3v) is 3.90. The van der Waals surface area contributed by atoms with Gasteiger partial charge in [0.05, 0.1) is 12.3 Å². The van der Waals surface area contributed by atoms with Gasteiger partial charge in [-0.1, -0.05) is 6.07 Å². The van der Waals surface area contributed by atoms with E-state index in [0.29, 0.717) is 18.0 Å². The van der Waals surface area contributed by atoms with Gasteiger partial charge in [0.25, 0.3) is 0 Å². The number of urea groups is 1. The van der Waals surface area contributed by atoms with Crippen molar-refractivity contribution in [2.24, 2.45) is 0 Å². The molecule has 8 nitrogen and oxygen atoms in total. The number of hydrogen-bond acceptors (Lipinski definition) is 5. The van der Waals surface area contributed by atoms with E-state index in [2.05, 4.69) is 20.8 Å². The Labute approximate surface area is 144 Å². The smallest absolute Gasteiger partial charge is 0.315 e. The van der Waals surface area contributed by atoms with Crippen molar-refractivity contribution in [1.82, 2.24) is 25.2 Å². The van der Waals surface area contributed by atoms with Gasteiger partial charge in [-0.25, -0.2) is 4.79 Å². The summed E-state index contributed by atoms with van der Waals surface area (Å²) in [5.74, 6) is 1.13. The van der Waals surface area contributed by atoms with Crippen LogP contribution >= 0.6 is 0 Å². The number of nitrogens with one attached hydrogen (secondary N) is 2. The molecule has 0 unspecified atom stereocenters. The molecule has 0 aromatic carbocycles. The summed E-state index contributed by atoms with van der Waals surface area (Å²) < 4.78 is 6.99. The predicted octanol–water partition coefficient (Wildman–Crippen LogP) is 2.19. The van der Waals surface area contributed by atoms with E-state index in [4.69, 9.17) is 4.42 Å². The second kappa shape index (κ2) is 7.35. The fourth-order valence-electron chi connectivity index (χ4n) is 2.67. The number of carbonyl (C=O) groups is 1. The van der Waals surface area contributed by atoms with Crippen LogP contribution in [0.15, 0.2) is 47.2 Å². The van der Waals surface area contributed by atoms with Gasteiger partial charge in [-0.15, -0.1) is 10.2 Å². The number of nitrogens with zero attached hydrogens (tertiary/aromatic N) is 3. The number of rotatable bonds is 6. The quantitative estimate of drug-likeness (QED) is 0.636. The summed E-state index contributed by atoms with van der Waals surface area (Å²) in [6, 6.07) is 8.14. The molecule has 0 bridgehead atoms. The number of pyridine rings is 1. The molecule has 25 heavy (non-hydrogen) atoms. The summed E-state index contributed by atoms with van der Waals surface area (Å²) in [5, 5.41) is 23.9. The van der Waals surface area contributed by atoms with Gasteiger partial charge in [-0.3, -0.25) is 4.40 Å². The number of aromatic nitrogens is 3. The molecule has 3 N–H and O–H groups in total. The molecule has 0 radical (unpaired) electrons. The number of aliphatic hydroxyl groups excluding tert-OH is 1. The summed E-state index contributed by atoms with van der Waals surface area (Å²) in [6.45, 7) is 3.66. The van der Waals surface area contributed by atoms with Crippen molar-refractivity contribution >= 4 is 11.7 Å². The molecule has 3 aromatic heterocycles. The topological polar surface area (TPSA) is 105 Å². The van der Waals surface area contributed by atoms with E-state index in [-0.39, 0.29) is 18.1 Å². The van der Waals surface area contributed by atoms with Crippen molar-refractivity contribution < 1.29 is 14.3 Å². The lowest BCUT2D eigenvalue weighted by Crippen LogP contribution is -2.42. The third-order valence-electron chi connectivity index (χ3n) is 3.90. The molecule has 0 saturated heterocycles. The van der Waals surface area contributed by atoms with E-state index < -0.39 is 6.10 Å². The van der Waals surface area contributed by atoms with Gasteiger partial charge in [0.1, 0.15) is 11.9 Å². The second-order valence-electron chi connectivity index (χ2n) is 5.99. The zero-order chi connectivity index (χ0) is 17.8. The zero-order valence-electron chi connectivity index (χ0n) is 14.1. The molecule has 0 saturated carbocycles.